The monoisotopic (exact) mass is 420 g/mol. The van der Waals surface area contributed by atoms with E-state index in [-0.39, 0.29) is 5.92 Å². The first-order chi connectivity index (χ1) is 15.1. The summed E-state index contributed by atoms with van der Waals surface area (Å²) in [6.45, 7) is 10.1. The number of pyridine rings is 1. The second-order valence-corrected chi connectivity index (χ2v) is 9.13. The molecule has 164 valence electrons. The van der Waals surface area contributed by atoms with Crippen LogP contribution in [0.5, 0.6) is 0 Å². The van der Waals surface area contributed by atoms with Gasteiger partial charge in [0.2, 0.25) is 5.89 Å². The first-order valence-corrected chi connectivity index (χ1v) is 11.6. The minimum absolute atomic E-state index is 0.189. The van der Waals surface area contributed by atoms with E-state index in [1.807, 2.05) is 18.5 Å². The summed E-state index contributed by atoms with van der Waals surface area (Å²) in [6, 6.07) is 4.19. The third kappa shape index (κ3) is 3.91. The van der Waals surface area contributed by atoms with Gasteiger partial charge < -0.3 is 4.52 Å². The molecule has 2 aliphatic rings. The van der Waals surface area contributed by atoms with Crippen LogP contribution in [0.25, 0.3) is 0 Å². The van der Waals surface area contributed by atoms with E-state index in [2.05, 4.69) is 46.6 Å². The van der Waals surface area contributed by atoms with Gasteiger partial charge in [-0.05, 0) is 45.2 Å². The Morgan fingerprint density at radius 2 is 1.94 bits per heavy atom. The van der Waals surface area contributed by atoms with Gasteiger partial charge in [-0.15, -0.1) is 0 Å². The molecule has 3 aromatic heterocycles. The average molecular weight is 421 g/mol. The summed E-state index contributed by atoms with van der Waals surface area (Å²) in [6.07, 6.45) is 8.73. The molecule has 0 N–H and O–H groups in total. The Morgan fingerprint density at radius 3 is 2.65 bits per heavy atom. The van der Waals surface area contributed by atoms with Crippen molar-refractivity contribution in [3.8, 4) is 0 Å². The van der Waals surface area contributed by atoms with Gasteiger partial charge in [-0.2, -0.15) is 10.1 Å². The van der Waals surface area contributed by atoms with Crippen LogP contribution in [0.1, 0.15) is 84.6 Å². The summed E-state index contributed by atoms with van der Waals surface area (Å²) in [7, 11) is 0. The quantitative estimate of drug-likeness (QED) is 0.591. The molecule has 7 nitrogen and oxygen atoms in total. The van der Waals surface area contributed by atoms with Crippen LogP contribution < -0.4 is 0 Å². The minimum Gasteiger partial charge on any atom is -0.339 e. The molecular weight excluding hydrogens is 388 g/mol. The Bertz CT molecular complexity index is 1020. The highest BCUT2D eigenvalue weighted by atomic mass is 16.5. The molecular formula is C24H32N6O. The zero-order valence-corrected chi connectivity index (χ0v) is 18.8. The van der Waals surface area contributed by atoms with Gasteiger partial charge in [0.1, 0.15) is 0 Å². The largest absolute Gasteiger partial charge is 0.339 e. The summed E-state index contributed by atoms with van der Waals surface area (Å²) >= 11 is 0. The fraction of sp³-hybridized carbons (Fsp3) is 0.583. The smallest absolute Gasteiger partial charge is 0.231 e. The number of rotatable bonds is 6. The van der Waals surface area contributed by atoms with E-state index in [1.165, 1.54) is 42.5 Å². The lowest BCUT2D eigenvalue weighted by atomic mass is 9.90. The molecule has 0 radical (unpaired) electrons. The molecule has 0 spiro atoms. The lowest BCUT2D eigenvalue weighted by Crippen LogP contribution is -2.21. The van der Waals surface area contributed by atoms with Gasteiger partial charge in [0.15, 0.2) is 5.82 Å². The van der Waals surface area contributed by atoms with E-state index in [1.54, 1.807) is 0 Å². The maximum Gasteiger partial charge on any atom is 0.231 e. The first-order valence-electron chi connectivity index (χ1n) is 11.6. The summed E-state index contributed by atoms with van der Waals surface area (Å²) in [4.78, 5) is 11.8. The number of hydrogen-bond acceptors (Lipinski definition) is 6. The fourth-order valence-electron chi connectivity index (χ4n) is 5.44. The second kappa shape index (κ2) is 8.54. The van der Waals surface area contributed by atoms with Crippen LogP contribution in [0.4, 0.5) is 0 Å². The molecule has 3 aromatic rings. The molecule has 2 atom stereocenters. The molecule has 0 amide bonds. The van der Waals surface area contributed by atoms with Crippen LogP contribution in [0.3, 0.4) is 0 Å². The molecule has 31 heavy (non-hydrogen) atoms. The molecule has 1 saturated heterocycles. The third-order valence-electron chi connectivity index (χ3n) is 7.22. The van der Waals surface area contributed by atoms with Gasteiger partial charge in [-0.1, -0.05) is 24.1 Å². The summed E-state index contributed by atoms with van der Waals surface area (Å²) < 4.78 is 7.96. The molecule has 4 heterocycles. The number of hydrogen-bond donors (Lipinski definition) is 0. The van der Waals surface area contributed by atoms with E-state index in [0.29, 0.717) is 11.8 Å². The number of aromatic nitrogens is 5. The van der Waals surface area contributed by atoms with Crippen LogP contribution in [0, 0.1) is 13.8 Å². The normalized spacial score (nSPS) is 22.5. The molecule has 2 fully saturated rings. The Balaban J connectivity index is 1.41. The van der Waals surface area contributed by atoms with Gasteiger partial charge in [0.05, 0.1) is 11.6 Å². The number of nitrogens with zero attached hydrogens (tertiary/aromatic N) is 6. The number of aryl methyl sites for hydroxylation is 2. The standard InChI is InChI=1S/C24H32N6O/c1-4-30-17(3)20(16(2)27-30)13-29-14-21(19-10-7-11-25-12-19)22(15-29)24-26-23(28-31-24)18-8-5-6-9-18/h7,10-12,18,21-22H,4-6,8-9,13-15H2,1-3H3/t21-,22+/m0/s1. The first kappa shape index (κ1) is 20.4. The topological polar surface area (TPSA) is 72.9 Å². The predicted octanol–water partition coefficient (Wildman–Crippen LogP) is 4.34. The predicted molar refractivity (Wildman–Crippen MR) is 118 cm³/mol. The van der Waals surface area contributed by atoms with Crippen LogP contribution in [0.2, 0.25) is 0 Å². The third-order valence-corrected chi connectivity index (χ3v) is 7.22. The van der Waals surface area contributed by atoms with E-state index in [0.717, 1.165) is 43.6 Å². The van der Waals surface area contributed by atoms with Crippen molar-refractivity contribution < 1.29 is 4.52 Å². The van der Waals surface area contributed by atoms with E-state index in [9.17, 15) is 0 Å². The van der Waals surface area contributed by atoms with Crippen molar-refractivity contribution in [2.45, 2.75) is 77.3 Å². The summed E-state index contributed by atoms with van der Waals surface area (Å²) in [5.74, 6) is 2.65. The molecule has 1 aliphatic heterocycles. The van der Waals surface area contributed by atoms with E-state index >= 15 is 0 Å². The van der Waals surface area contributed by atoms with Crippen molar-refractivity contribution in [1.29, 1.82) is 0 Å². The highest BCUT2D eigenvalue weighted by molar-refractivity contribution is 5.27. The van der Waals surface area contributed by atoms with Crippen molar-refractivity contribution >= 4 is 0 Å². The molecule has 0 unspecified atom stereocenters. The van der Waals surface area contributed by atoms with Gasteiger partial charge in [-0.25, -0.2) is 0 Å². The Kier molecular flexibility index (Phi) is 5.61. The maximum absolute atomic E-state index is 5.86. The van der Waals surface area contributed by atoms with Crippen molar-refractivity contribution in [3.05, 3.63) is 58.8 Å². The van der Waals surface area contributed by atoms with Gasteiger partial charge in [-0.3, -0.25) is 14.6 Å². The van der Waals surface area contributed by atoms with Crippen molar-refractivity contribution in [1.82, 2.24) is 29.8 Å². The van der Waals surface area contributed by atoms with Crippen LogP contribution in [-0.4, -0.2) is 42.9 Å². The van der Waals surface area contributed by atoms with E-state index < -0.39 is 0 Å². The molecule has 7 heteroatoms. The lowest BCUT2D eigenvalue weighted by molar-refractivity contribution is 0.307. The zero-order valence-electron chi connectivity index (χ0n) is 18.8. The van der Waals surface area contributed by atoms with Crippen LogP contribution in [-0.2, 0) is 13.1 Å². The Hall–Kier alpha value is -2.54. The molecule has 0 aromatic carbocycles. The van der Waals surface area contributed by atoms with Gasteiger partial charge in [0.25, 0.3) is 0 Å². The van der Waals surface area contributed by atoms with Crippen molar-refractivity contribution in [2.75, 3.05) is 13.1 Å². The average Bonchev–Trinajstić information content (AvgIpc) is 3.57. The second-order valence-electron chi connectivity index (χ2n) is 9.13. The Morgan fingerprint density at radius 1 is 1.13 bits per heavy atom. The van der Waals surface area contributed by atoms with Gasteiger partial charge in [0, 0.05) is 61.7 Å². The highest BCUT2D eigenvalue weighted by Gasteiger charge is 2.39. The SMILES string of the molecule is CCn1nc(C)c(CN2C[C@@H](c3cccnc3)[C@H](c3nc(C4CCCC4)no3)C2)c1C. The molecule has 0 bridgehead atoms. The zero-order chi connectivity index (χ0) is 21.4. The minimum atomic E-state index is 0.189. The Labute approximate surface area is 183 Å². The maximum atomic E-state index is 5.86. The van der Waals surface area contributed by atoms with E-state index in [4.69, 9.17) is 14.6 Å². The fourth-order valence-corrected chi connectivity index (χ4v) is 5.44. The summed E-state index contributed by atoms with van der Waals surface area (Å²) in [5.41, 5.74) is 4.97. The highest BCUT2D eigenvalue weighted by Crippen LogP contribution is 2.41. The van der Waals surface area contributed by atoms with Crippen molar-refractivity contribution in [3.63, 3.8) is 0 Å². The van der Waals surface area contributed by atoms with Crippen molar-refractivity contribution in [2.24, 2.45) is 0 Å². The number of likely N-dealkylation sites (tertiary alicyclic amines) is 1. The molecule has 5 rings (SSSR count). The van der Waals surface area contributed by atoms with Crippen LogP contribution >= 0.6 is 0 Å². The van der Waals surface area contributed by atoms with Crippen LogP contribution in [0.15, 0.2) is 29.0 Å². The lowest BCUT2D eigenvalue weighted by Gasteiger charge is -2.16. The summed E-state index contributed by atoms with van der Waals surface area (Å²) in [5, 5.41) is 9.10. The molecule has 1 aliphatic carbocycles. The van der Waals surface area contributed by atoms with Gasteiger partial charge >= 0.3 is 0 Å². The molecule has 1 saturated carbocycles.